The van der Waals surface area contributed by atoms with E-state index in [-0.39, 0.29) is 12.1 Å². The third kappa shape index (κ3) is 4.80. The molecule has 13 rings (SSSR count). The second kappa shape index (κ2) is 12.9. The monoisotopic (exact) mass is 770 g/mol. The molecule has 3 aliphatic rings. The van der Waals surface area contributed by atoms with Crippen molar-refractivity contribution < 1.29 is 4.74 Å². The lowest BCUT2D eigenvalue weighted by Gasteiger charge is -2.27. The van der Waals surface area contributed by atoms with E-state index in [1.54, 1.807) is 0 Å². The van der Waals surface area contributed by atoms with E-state index in [1.165, 1.54) is 71.6 Å². The minimum absolute atomic E-state index is 0.0217. The maximum Gasteiger partial charge on any atom is 0.136 e. The molecule has 5 nitrogen and oxygen atoms in total. The smallest absolute Gasteiger partial charge is 0.136 e. The van der Waals surface area contributed by atoms with Gasteiger partial charge in [0.25, 0.3) is 0 Å². The van der Waals surface area contributed by atoms with E-state index in [0.29, 0.717) is 0 Å². The Hall–Kier alpha value is -7.76. The average molecular weight is 771 g/mol. The minimum atomic E-state index is -0.0217. The van der Waals surface area contributed by atoms with Gasteiger partial charge in [0.1, 0.15) is 17.7 Å². The van der Waals surface area contributed by atoms with Crippen molar-refractivity contribution in [3.8, 4) is 22.6 Å². The highest BCUT2D eigenvalue weighted by Crippen LogP contribution is 2.53. The Morgan fingerprint density at radius 3 is 1.90 bits per heavy atom. The summed E-state index contributed by atoms with van der Waals surface area (Å²) in [5.41, 5.74) is 15.4. The molecule has 4 heterocycles. The van der Waals surface area contributed by atoms with Gasteiger partial charge in [0.2, 0.25) is 0 Å². The molecule has 2 aromatic heterocycles. The van der Waals surface area contributed by atoms with Crippen LogP contribution in [0.15, 0.2) is 206 Å². The zero-order valence-corrected chi connectivity index (χ0v) is 32.7. The first-order chi connectivity index (χ1) is 29.8. The Balaban J connectivity index is 0.931. The van der Waals surface area contributed by atoms with E-state index < -0.39 is 0 Å². The normalized spacial score (nSPS) is 16.7. The van der Waals surface area contributed by atoms with Crippen LogP contribution in [0.1, 0.15) is 29.6 Å². The van der Waals surface area contributed by atoms with Gasteiger partial charge in [-0.05, 0) is 95.9 Å². The molecule has 0 amide bonds. The zero-order chi connectivity index (χ0) is 39.3. The van der Waals surface area contributed by atoms with E-state index >= 15 is 0 Å². The molecule has 284 valence electrons. The fraction of sp³-hybridized carbons (Fsp3) is 0.0545. The number of hydrogen-bond donors (Lipinski definition) is 1. The lowest BCUT2D eigenvalue weighted by Crippen LogP contribution is -2.23. The molecule has 5 heteroatoms. The van der Waals surface area contributed by atoms with Crippen molar-refractivity contribution in [2.45, 2.75) is 18.5 Å². The van der Waals surface area contributed by atoms with Crippen LogP contribution >= 0.6 is 0 Å². The Kier molecular flexibility index (Phi) is 7.13. The molecule has 0 saturated heterocycles. The van der Waals surface area contributed by atoms with Crippen LogP contribution in [0.25, 0.3) is 66.1 Å². The number of para-hydroxylation sites is 6. The standard InChI is InChI=1S/C55H38N4O/c1-3-15-37(16-4-1)57-46-24-10-7-19-40(46)43-34-51-44(33-50(43)57)41-20-8-11-25-47(41)59(51)49-27-13-22-42-53-39(21-14-28-52(53)60-54(42)49)35-29-31-36(32-30-35)55-56-45-23-9-12-26-48(45)58(55)38-17-5-2-6-18-38/h1-21,23-34,42,55-56H,22H2. The maximum atomic E-state index is 7.02. The van der Waals surface area contributed by atoms with Crippen LogP contribution in [0.2, 0.25) is 0 Å². The van der Waals surface area contributed by atoms with Crippen molar-refractivity contribution in [2.24, 2.45) is 0 Å². The minimum Gasteiger partial charge on any atom is -0.459 e. The van der Waals surface area contributed by atoms with Gasteiger partial charge in [0.15, 0.2) is 0 Å². The van der Waals surface area contributed by atoms with E-state index in [2.05, 4.69) is 220 Å². The van der Waals surface area contributed by atoms with Crippen molar-refractivity contribution in [3.63, 3.8) is 0 Å². The van der Waals surface area contributed by atoms with Crippen molar-refractivity contribution in [1.29, 1.82) is 0 Å². The van der Waals surface area contributed by atoms with E-state index in [1.807, 2.05) is 0 Å². The number of anilines is 3. The Morgan fingerprint density at radius 2 is 1.15 bits per heavy atom. The van der Waals surface area contributed by atoms with Crippen molar-refractivity contribution in [2.75, 3.05) is 10.2 Å². The van der Waals surface area contributed by atoms with E-state index in [4.69, 9.17) is 4.74 Å². The van der Waals surface area contributed by atoms with Gasteiger partial charge in [-0.25, -0.2) is 0 Å². The largest absolute Gasteiger partial charge is 0.459 e. The Bertz CT molecular complexity index is 3410. The third-order valence-electron chi connectivity index (χ3n) is 12.9. The first-order valence-electron chi connectivity index (χ1n) is 20.8. The molecule has 0 radical (unpaired) electrons. The van der Waals surface area contributed by atoms with Crippen LogP contribution in [0.5, 0.6) is 5.75 Å². The second-order valence-electron chi connectivity index (χ2n) is 16.1. The lowest BCUT2D eigenvalue weighted by atomic mass is 9.85. The van der Waals surface area contributed by atoms with Crippen LogP contribution in [0, 0.1) is 0 Å². The van der Waals surface area contributed by atoms with Gasteiger partial charge in [-0.3, -0.25) is 0 Å². The topological polar surface area (TPSA) is 34.4 Å². The number of ether oxygens (including phenoxy) is 1. The summed E-state index contributed by atoms with van der Waals surface area (Å²) in [6.45, 7) is 0. The summed E-state index contributed by atoms with van der Waals surface area (Å²) in [6.07, 6.45) is 5.47. The fourth-order valence-electron chi connectivity index (χ4n) is 10.3. The Labute approximate surface area is 347 Å². The van der Waals surface area contributed by atoms with Gasteiger partial charge in [0, 0.05) is 38.5 Å². The molecule has 60 heavy (non-hydrogen) atoms. The van der Waals surface area contributed by atoms with Crippen LogP contribution in [0.3, 0.4) is 0 Å². The molecule has 2 atom stereocenters. The quantitative estimate of drug-likeness (QED) is 0.189. The molecular formula is C55H38N4O. The molecule has 1 aliphatic carbocycles. The molecule has 0 saturated carbocycles. The number of allylic oxidation sites excluding steroid dienone is 4. The first kappa shape index (κ1) is 33.2. The summed E-state index contributed by atoms with van der Waals surface area (Å²) in [6, 6.07) is 68.0. The SMILES string of the molecule is C1=CC(n2c3ccccc3c3cc4c(cc32)c2ccccc2n4-c2ccccc2)=C2Oc3cccc(-c4ccc(C5Nc6ccccc6N5c5ccccc5)cc4)c3C2C1. The molecule has 2 unspecified atom stereocenters. The number of fused-ring (bicyclic) bond motifs is 10. The van der Waals surface area contributed by atoms with Crippen molar-refractivity contribution in [1.82, 2.24) is 9.13 Å². The third-order valence-corrected chi connectivity index (χ3v) is 12.9. The van der Waals surface area contributed by atoms with Crippen LogP contribution in [-0.4, -0.2) is 9.13 Å². The molecule has 0 spiro atoms. The van der Waals surface area contributed by atoms with Gasteiger partial charge in [-0.2, -0.15) is 0 Å². The van der Waals surface area contributed by atoms with E-state index in [9.17, 15) is 0 Å². The molecule has 0 bridgehead atoms. The van der Waals surface area contributed by atoms with Gasteiger partial charge in [-0.15, -0.1) is 0 Å². The molecular weight excluding hydrogens is 733 g/mol. The lowest BCUT2D eigenvalue weighted by molar-refractivity contribution is 0.426. The summed E-state index contributed by atoms with van der Waals surface area (Å²) < 4.78 is 11.9. The zero-order valence-electron chi connectivity index (χ0n) is 32.7. The number of rotatable bonds is 5. The predicted octanol–water partition coefficient (Wildman–Crippen LogP) is 14.1. The highest BCUT2D eigenvalue weighted by atomic mass is 16.5. The highest BCUT2D eigenvalue weighted by Gasteiger charge is 2.37. The summed E-state index contributed by atoms with van der Waals surface area (Å²) in [4.78, 5) is 2.40. The predicted molar refractivity (Wildman–Crippen MR) is 247 cm³/mol. The van der Waals surface area contributed by atoms with Crippen LogP contribution in [0.4, 0.5) is 17.1 Å². The maximum absolute atomic E-state index is 7.02. The molecule has 8 aromatic carbocycles. The summed E-state index contributed by atoms with van der Waals surface area (Å²) in [5.74, 6) is 2.04. The second-order valence-corrected chi connectivity index (χ2v) is 16.1. The number of benzene rings is 8. The van der Waals surface area contributed by atoms with Gasteiger partial charge in [0.05, 0.1) is 45.1 Å². The molecule has 1 N–H and O–H groups in total. The van der Waals surface area contributed by atoms with E-state index in [0.717, 1.165) is 40.7 Å². The highest BCUT2D eigenvalue weighted by molar-refractivity contribution is 6.19. The molecule has 10 aromatic rings. The summed E-state index contributed by atoms with van der Waals surface area (Å²) >= 11 is 0. The molecule has 2 aliphatic heterocycles. The van der Waals surface area contributed by atoms with Crippen LogP contribution in [-0.2, 0) is 0 Å². The number of hydrogen-bond acceptors (Lipinski definition) is 3. The van der Waals surface area contributed by atoms with Crippen LogP contribution < -0.4 is 15.0 Å². The van der Waals surface area contributed by atoms with Crippen molar-refractivity contribution >= 4 is 66.4 Å². The summed E-state index contributed by atoms with van der Waals surface area (Å²) in [7, 11) is 0. The van der Waals surface area contributed by atoms with Gasteiger partial charge >= 0.3 is 0 Å². The number of nitrogens with one attached hydrogen (secondary N) is 1. The average Bonchev–Trinajstić information content (AvgIpc) is 4.07. The van der Waals surface area contributed by atoms with Gasteiger partial charge in [-0.1, -0.05) is 127 Å². The Morgan fingerprint density at radius 1 is 0.517 bits per heavy atom. The fourth-order valence-corrected chi connectivity index (χ4v) is 10.3. The molecule has 0 fully saturated rings. The van der Waals surface area contributed by atoms with Gasteiger partial charge < -0.3 is 24.1 Å². The summed E-state index contributed by atoms with van der Waals surface area (Å²) in [5, 5.41) is 8.72. The first-order valence-corrected chi connectivity index (χ1v) is 20.8. The number of nitrogens with zero attached hydrogens (tertiary/aromatic N) is 3. The number of aromatic nitrogens is 2. The van der Waals surface area contributed by atoms with Crippen molar-refractivity contribution in [3.05, 3.63) is 217 Å².